The Balaban J connectivity index is 2.10. The van der Waals surface area contributed by atoms with Crippen LogP contribution in [0.25, 0.3) is 0 Å². The second-order valence-electron chi connectivity index (χ2n) is 4.75. The number of anilines is 2. The first kappa shape index (κ1) is 13.5. The zero-order valence-electron chi connectivity index (χ0n) is 11.1. The molecule has 1 unspecified atom stereocenters. The number of rotatable bonds is 5. The van der Waals surface area contributed by atoms with Gasteiger partial charge in [-0.25, -0.2) is 0 Å². The molecule has 2 heterocycles. The molecule has 0 aliphatic carbocycles. The van der Waals surface area contributed by atoms with Crippen LogP contribution in [0.3, 0.4) is 0 Å². The lowest BCUT2D eigenvalue weighted by molar-refractivity contribution is -0.121. The molecule has 1 amide bonds. The van der Waals surface area contributed by atoms with Crippen molar-refractivity contribution in [1.29, 1.82) is 0 Å². The van der Waals surface area contributed by atoms with Gasteiger partial charge < -0.3 is 21.1 Å². The molecule has 1 aromatic rings. The molecule has 4 N–H and O–H groups in total. The van der Waals surface area contributed by atoms with Gasteiger partial charge in [0.25, 0.3) is 0 Å². The summed E-state index contributed by atoms with van der Waals surface area (Å²) in [6.07, 6.45) is 1.67. The number of carbonyl (C=O) groups is 1. The lowest BCUT2D eigenvalue weighted by Crippen LogP contribution is -2.27. The first-order valence-electron chi connectivity index (χ1n) is 6.55. The molecule has 2 rings (SSSR count). The van der Waals surface area contributed by atoms with E-state index in [0.29, 0.717) is 24.7 Å². The van der Waals surface area contributed by atoms with Gasteiger partial charge in [0.2, 0.25) is 11.8 Å². The van der Waals surface area contributed by atoms with Crippen molar-refractivity contribution >= 4 is 17.4 Å². The Labute approximate surface area is 112 Å². The van der Waals surface area contributed by atoms with Crippen LogP contribution < -0.4 is 21.1 Å². The highest BCUT2D eigenvalue weighted by molar-refractivity contribution is 5.78. The zero-order valence-corrected chi connectivity index (χ0v) is 11.1. The molecule has 0 aromatic carbocycles. The van der Waals surface area contributed by atoms with Crippen LogP contribution >= 0.6 is 0 Å². The summed E-state index contributed by atoms with van der Waals surface area (Å²) in [6, 6.07) is 3.63. The summed E-state index contributed by atoms with van der Waals surface area (Å²) >= 11 is 0. The van der Waals surface area contributed by atoms with E-state index in [1.165, 1.54) is 0 Å². The van der Waals surface area contributed by atoms with Gasteiger partial charge in [0.15, 0.2) is 0 Å². The Bertz CT molecular complexity index is 464. The van der Waals surface area contributed by atoms with Crippen molar-refractivity contribution in [2.24, 2.45) is 11.7 Å². The number of ether oxygens (including phenoxy) is 1. The van der Waals surface area contributed by atoms with Gasteiger partial charge >= 0.3 is 0 Å². The zero-order chi connectivity index (χ0) is 13.8. The summed E-state index contributed by atoms with van der Waals surface area (Å²) in [6.45, 7) is 4.00. The van der Waals surface area contributed by atoms with Crippen LogP contribution in [0.5, 0.6) is 5.88 Å². The van der Waals surface area contributed by atoms with Crippen molar-refractivity contribution in [3.8, 4) is 5.88 Å². The second kappa shape index (κ2) is 5.77. The average molecular weight is 264 g/mol. The molecule has 0 saturated carbocycles. The van der Waals surface area contributed by atoms with E-state index < -0.39 is 0 Å². The average Bonchev–Trinajstić information content (AvgIpc) is 2.87. The number of primary amides is 1. The first-order valence-corrected chi connectivity index (χ1v) is 6.55. The van der Waals surface area contributed by atoms with Gasteiger partial charge in [-0.1, -0.05) is 6.92 Å². The van der Waals surface area contributed by atoms with Crippen LogP contribution in [-0.2, 0) is 4.79 Å². The Morgan fingerprint density at radius 3 is 3.00 bits per heavy atom. The smallest absolute Gasteiger partial charge is 0.239 e. The molecular weight excluding hydrogens is 244 g/mol. The number of nitrogens with zero attached hydrogens (tertiary/aromatic N) is 2. The molecule has 1 saturated heterocycles. The van der Waals surface area contributed by atoms with E-state index in [1.54, 1.807) is 6.07 Å². The van der Waals surface area contributed by atoms with E-state index in [9.17, 15) is 4.79 Å². The Kier molecular flexibility index (Phi) is 4.09. The molecule has 0 bridgehead atoms. The molecule has 6 nitrogen and oxygen atoms in total. The molecule has 1 aliphatic rings. The Morgan fingerprint density at radius 1 is 1.58 bits per heavy atom. The van der Waals surface area contributed by atoms with Gasteiger partial charge in [0.1, 0.15) is 5.82 Å². The molecule has 19 heavy (non-hydrogen) atoms. The number of carbonyl (C=O) groups excluding carboxylic acids is 1. The monoisotopic (exact) mass is 264 g/mol. The Hall–Kier alpha value is -1.98. The summed E-state index contributed by atoms with van der Waals surface area (Å²) in [7, 11) is 0. The highest BCUT2D eigenvalue weighted by Gasteiger charge is 2.27. The van der Waals surface area contributed by atoms with Crippen molar-refractivity contribution in [2.45, 2.75) is 19.8 Å². The molecule has 104 valence electrons. The van der Waals surface area contributed by atoms with Gasteiger partial charge in [-0.2, -0.15) is 4.98 Å². The molecule has 1 aliphatic heterocycles. The molecule has 1 atom stereocenters. The summed E-state index contributed by atoms with van der Waals surface area (Å²) in [5.74, 6) is 0.894. The van der Waals surface area contributed by atoms with Crippen molar-refractivity contribution in [3.63, 3.8) is 0 Å². The van der Waals surface area contributed by atoms with E-state index in [0.717, 1.165) is 25.2 Å². The maximum atomic E-state index is 11.2. The van der Waals surface area contributed by atoms with Gasteiger partial charge in [-0.15, -0.1) is 0 Å². The quantitative estimate of drug-likeness (QED) is 0.819. The standard InChI is InChI=1S/C13H20N4O2/c1-2-7-19-13-10(14)3-4-11(16-13)17-6-5-9(8-17)12(15)18/h3-4,9H,2,5-8,14H2,1H3,(H2,15,18). The van der Waals surface area contributed by atoms with Crippen LogP contribution in [-0.4, -0.2) is 30.6 Å². The summed E-state index contributed by atoms with van der Waals surface area (Å²) < 4.78 is 5.51. The topological polar surface area (TPSA) is 94.5 Å². The maximum absolute atomic E-state index is 11.2. The molecule has 6 heteroatoms. The predicted molar refractivity (Wildman–Crippen MR) is 73.9 cm³/mol. The maximum Gasteiger partial charge on any atom is 0.239 e. The van der Waals surface area contributed by atoms with Crippen LogP contribution in [0.2, 0.25) is 0 Å². The third-order valence-electron chi connectivity index (χ3n) is 3.23. The molecule has 0 spiro atoms. The fraction of sp³-hybridized carbons (Fsp3) is 0.538. The van der Waals surface area contributed by atoms with E-state index in [2.05, 4.69) is 4.98 Å². The molecular formula is C13H20N4O2. The number of aromatic nitrogens is 1. The van der Waals surface area contributed by atoms with Gasteiger partial charge in [-0.05, 0) is 25.0 Å². The Morgan fingerprint density at radius 2 is 2.37 bits per heavy atom. The van der Waals surface area contributed by atoms with Crippen LogP contribution in [0, 0.1) is 5.92 Å². The van der Waals surface area contributed by atoms with E-state index in [-0.39, 0.29) is 11.8 Å². The lowest BCUT2D eigenvalue weighted by Gasteiger charge is -2.18. The number of pyridine rings is 1. The summed E-state index contributed by atoms with van der Waals surface area (Å²) in [5.41, 5.74) is 11.7. The van der Waals surface area contributed by atoms with Crippen LogP contribution in [0.4, 0.5) is 11.5 Å². The minimum absolute atomic E-state index is 0.0978. The molecule has 0 radical (unpaired) electrons. The molecule has 1 fully saturated rings. The summed E-state index contributed by atoms with van der Waals surface area (Å²) in [5, 5.41) is 0. The molecule has 1 aromatic heterocycles. The number of amides is 1. The third-order valence-corrected chi connectivity index (χ3v) is 3.23. The largest absolute Gasteiger partial charge is 0.476 e. The van der Waals surface area contributed by atoms with Crippen molar-refractivity contribution in [2.75, 3.05) is 30.3 Å². The van der Waals surface area contributed by atoms with E-state index in [4.69, 9.17) is 16.2 Å². The minimum atomic E-state index is -0.250. The minimum Gasteiger partial charge on any atom is -0.476 e. The van der Waals surface area contributed by atoms with Crippen molar-refractivity contribution < 1.29 is 9.53 Å². The highest BCUT2D eigenvalue weighted by atomic mass is 16.5. The van der Waals surface area contributed by atoms with Gasteiger partial charge in [-0.3, -0.25) is 4.79 Å². The van der Waals surface area contributed by atoms with Crippen molar-refractivity contribution in [3.05, 3.63) is 12.1 Å². The van der Waals surface area contributed by atoms with E-state index >= 15 is 0 Å². The van der Waals surface area contributed by atoms with Crippen molar-refractivity contribution in [1.82, 2.24) is 4.98 Å². The van der Waals surface area contributed by atoms with Crippen LogP contribution in [0.15, 0.2) is 12.1 Å². The highest BCUT2D eigenvalue weighted by Crippen LogP contribution is 2.27. The predicted octanol–water partition coefficient (Wildman–Crippen LogP) is 0.764. The van der Waals surface area contributed by atoms with Gasteiger partial charge in [0, 0.05) is 13.1 Å². The van der Waals surface area contributed by atoms with Gasteiger partial charge in [0.05, 0.1) is 18.2 Å². The number of hydrogen-bond donors (Lipinski definition) is 2. The summed E-state index contributed by atoms with van der Waals surface area (Å²) in [4.78, 5) is 17.6. The normalized spacial score (nSPS) is 18.6. The second-order valence-corrected chi connectivity index (χ2v) is 4.75. The number of nitrogens with two attached hydrogens (primary N) is 2. The third kappa shape index (κ3) is 3.07. The first-order chi connectivity index (χ1) is 9.11. The lowest BCUT2D eigenvalue weighted by atomic mass is 10.1. The number of hydrogen-bond acceptors (Lipinski definition) is 5. The number of nitrogen functional groups attached to an aromatic ring is 1. The SMILES string of the molecule is CCCOc1nc(N2CCC(C(N)=O)C2)ccc1N. The fourth-order valence-electron chi connectivity index (χ4n) is 2.13. The van der Waals surface area contributed by atoms with E-state index in [1.807, 2.05) is 17.9 Å². The van der Waals surface area contributed by atoms with Crippen LogP contribution in [0.1, 0.15) is 19.8 Å². The fourth-order valence-corrected chi connectivity index (χ4v) is 2.13.